The van der Waals surface area contributed by atoms with E-state index >= 15 is 0 Å². The molecule has 5 nitrogen and oxygen atoms in total. The van der Waals surface area contributed by atoms with Crippen molar-refractivity contribution in [2.75, 3.05) is 5.32 Å². The first-order valence-corrected chi connectivity index (χ1v) is 6.50. The predicted molar refractivity (Wildman–Crippen MR) is 76.1 cm³/mol. The quantitative estimate of drug-likeness (QED) is 0.939. The van der Waals surface area contributed by atoms with Gasteiger partial charge in [-0.3, -0.25) is 4.79 Å². The average Bonchev–Trinajstić information content (AvgIpc) is 2.79. The lowest BCUT2D eigenvalue weighted by Crippen LogP contribution is -2.30. The van der Waals surface area contributed by atoms with E-state index in [1.54, 1.807) is 32.0 Å². The number of anilines is 1. The van der Waals surface area contributed by atoms with Crippen LogP contribution in [0.5, 0.6) is 5.75 Å². The van der Waals surface area contributed by atoms with Gasteiger partial charge in [0.1, 0.15) is 11.5 Å². The summed E-state index contributed by atoms with van der Waals surface area (Å²) in [4.78, 5) is 12.0. The number of hydrogen-bond acceptors (Lipinski definition) is 4. The zero-order chi connectivity index (χ0) is 14.7. The molecule has 0 aliphatic rings. The molecule has 1 amide bonds. The van der Waals surface area contributed by atoms with Crippen LogP contribution in [0.1, 0.15) is 18.2 Å². The van der Waals surface area contributed by atoms with E-state index in [0.717, 1.165) is 5.56 Å². The SMILES string of the molecule is Cc1ccc(Cl)c(O[C@H](C)C(=O)Nc2cc(C)on2)c1. The van der Waals surface area contributed by atoms with Crippen molar-refractivity contribution in [2.24, 2.45) is 0 Å². The summed E-state index contributed by atoms with van der Waals surface area (Å²) in [6.07, 6.45) is -0.702. The van der Waals surface area contributed by atoms with Crippen molar-refractivity contribution in [1.82, 2.24) is 5.16 Å². The van der Waals surface area contributed by atoms with Crippen LogP contribution in [0.4, 0.5) is 5.82 Å². The lowest BCUT2D eigenvalue weighted by Gasteiger charge is -2.15. The molecule has 1 aromatic heterocycles. The molecular weight excluding hydrogens is 280 g/mol. The summed E-state index contributed by atoms with van der Waals surface area (Å²) in [6.45, 7) is 5.31. The van der Waals surface area contributed by atoms with Crippen LogP contribution >= 0.6 is 11.6 Å². The summed E-state index contributed by atoms with van der Waals surface area (Å²) in [5.74, 6) is 1.13. The standard InChI is InChI=1S/C14H15ClN2O3/c1-8-4-5-11(15)12(6-8)19-10(3)14(18)16-13-7-9(2)20-17-13/h4-7,10H,1-3H3,(H,16,17,18)/t10-/m1/s1. The minimum Gasteiger partial charge on any atom is -0.479 e. The van der Waals surface area contributed by atoms with Crippen LogP contribution < -0.4 is 10.1 Å². The number of nitrogens with zero attached hydrogens (tertiary/aromatic N) is 1. The van der Waals surface area contributed by atoms with Gasteiger partial charge in [-0.05, 0) is 38.5 Å². The van der Waals surface area contributed by atoms with Crippen LogP contribution in [0.2, 0.25) is 5.02 Å². The molecule has 1 N–H and O–H groups in total. The predicted octanol–water partition coefficient (Wildman–Crippen LogP) is 3.35. The van der Waals surface area contributed by atoms with E-state index in [9.17, 15) is 4.79 Å². The van der Waals surface area contributed by atoms with Crippen molar-refractivity contribution in [1.29, 1.82) is 0 Å². The second kappa shape index (κ2) is 5.96. The van der Waals surface area contributed by atoms with Crippen molar-refractivity contribution in [3.63, 3.8) is 0 Å². The van der Waals surface area contributed by atoms with Gasteiger partial charge in [0.15, 0.2) is 11.9 Å². The fourth-order valence-corrected chi connectivity index (χ4v) is 1.76. The summed E-state index contributed by atoms with van der Waals surface area (Å²) in [7, 11) is 0. The molecule has 6 heteroatoms. The Balaban J connectivity index is 2.02. The number of carbonyl (C=O) groups is 1. The van der Waals surface area contributed by atoms with Gasteiger partial charge < -0.3 is 14.6 Å². The number of nitrogens with one attached hydrogen (secondary N) is 1. The molecule has 1 atom stereocenters. The molecule has 1 aromatic carbocycles. The third kappa shape index (κ3) is 3.51. The lowest BCUT2D eigenvalue weighted by atomic mass is 10.2. The average molecular weight is 295 g/mol. The van der Waals surface area contributed by atoms with Crippen molar-refractivity contribution in [2.45, 2.75) is 26.9 Å². The number of carbonyl (C=O) groups excluding carboxylic acids is 1. The maximum absolute atomic E-state index is 12.0. The highest BCUT2D eigenvalue weighted by Gasteiger charge is 2.17. The molecule has 20 heavy (non-hydrogen) atoms. The summed E-state index contributed by atoms with van der Waals surface area (Å²) in [6, 6.07) is 7.02. The second-order valence-electron chi connectivity index (χ2n) is 4.51. The number of rotatable bonds is 4. The van der Waals surface area contributed by atoms with Crippen LogP contribution in [-0.4, -0.2) is 17.2 Å². The van der Waals surface area contributed by atoms with Gasteiger partial charge in [-0.25, -0.2) is 0 Å². The van der Waals surface area contributed by atoms with Crippen molar-refractivity contribution >= 4 is 23.3 Å². The van der Waals surface area contributed by atoms with E-state index < -0.39 is 6.10 Å². The van der Waals surface area contributed by atoms with Crippen LogP contribution in [0.25, 0.3) is 0 Å². The van der Waals surface area contributed by atoms with E-state index in [4.69, 9.17) is 20.9 Å². The van der Waals surface area contributed by atoms with E-state index in [2.05, 4.69) is 10.5 Å². The molecule has 0 fully saturated rings. The smallest absolute Gasteiger partial charge is 0.266 e. The van der Waals surface area contributed by atoms with E-state index in [1.807, 2.05) is 13.0 Å². The highest BCUT2D eigenvalue weighted by Crippen LogP contribution is 2.26. The molecule has 0 radical (unpaired) electrons. The maximum atomic E-state index is 12.0. The molecule has 0 saturated heterocycles. The number of halogens is 1. The minimum absolute atomic E-state index is 0.323. The Bertz CT molecular complexity index is 625. The molecule has 0 aliphatic heterocycles. The molecular formula is C14H15ClN2O3. The van der Waals surface area contributed by atoms with Crippen molar-refractivity contribution < 1.29 is 14.1 Å². The van der Waals surface area contributed by atoms with Crippen LogP contribution in [-0.2, 0) is 4.79 Å². The first kappa shape index (κ1) is 14.4. The Morgan fingerprint density at radius 3 is 2.80 bits per heavy atom. The molecule has 0 saturated carbocycles. The number of aromatic nitrogens is 1. The molecule has 0 aliphatic carbocycles. The highest BCUT2D eigenvalue weighted by atomic mass is 35.5. The Morgan fingerprint density at radius 2 is 2.15 bits per heavy atom. The van der Waals surface area contributed by atoms with Crippen molar-refractivity contribution in [3.8, 4) is 5.75 Å². The number of benzene rings is 1. The number of aryl methyl sites for hydroxylation is 2. The number of hydrogen-bond donors (Lipinski definition) is 1. The summed E-state index contributed by atoms with van der Waals surface area (Å²) in [5, 5.41) is 6.76. The van der Waals surface area contributed by atoms with E-state index in [1.165, 1.54) is 0 Å². The first-order chi connectivity index (χ1) is 9.45. The van der Waals surface area contributed by atoms with Crippen LogP contribution in [0, 0.1) is 13.8 Å². The van der Waals surface area contributed by atoms with Crippen molar-refractivity contribution in [3.05, 3.63) is 40.6 Å². The van der Waals surface area contributed by atoms with Gasteiger partial charge >= 0.3 is 0 Å². The Hall–Kier alpha value is -2.01. The van der Waals surface area contributed by atoms with Crippen LogP contribution in [0.3, 0.4) is 0 Å². The molecule has 106 valence electrons. The van der Waals surface area contributed by atoms with Gasteiger partial charge in [0, 0.05) is 6.07 Å². The third-order valence-electron chi connectivity index (χ3n) is 2.64. The summed E-state index contributed by atoms with van der Waals surface area (Å²) < 4.78 is 10.4. The van der Waals surface area contributed by atoms with Gasteiger partial charge in [0.2, 0.25) is 0 Å². The lowest BCUT2D eigenvalue weighted by molar-refractivity contribution is -0.122. The van der Waals surface area contributed by atoms with Gasteiger partial charge in [-0.1, -0.05) is 22.8 Å². The van der Waals surface area contributed by atoms with Crippen LogP contribution in [0.15, 0.2) is 28.8 Å². The largest absolute Gasteiger partial charge is 0.479 e. The number of ether oxygens (including phenoxy) is 1. The normalized spacial score (nSPS) is 12.0. The van der Waals surface area contributed by atoms with E-state index in [-0.39, 0.29) is 5.91 Å². The topological polar surface area (TPSA) is 64.4 Å². The summed E-state index contributed by atoms with van der Waals surface area (Å²) in [5.41, 5.74) is 1.00. The van der Waals surface area contributed by atoms with Gasteiger partial charge in [0.05, 0.1) is 5.02 Å². The third-order valence-corrected chi connectivity index (χ3v) is 2.95. The minimum atomic E-state index is -0.702. The van der Waals surface area contributed by atoms with E-state index in [0.29, 0.717) is 22.4 Å². The van der Waals surface area contributed by atoms with Gasteiger partial charge in [0.25, 0.3) is 5.91 Å². The fraction of sp³-hybridized carbons (Fsp3) is 0.286. The molecule has 0 spiro atoms. The Kier molecular flexibility index (Phi) is 4.29. The first-order valence-electron chi connectivity index (χ1n) is 6.12. The molecule has 0 unspecified atom stereocenters. The summed E-state index contributed by atoms with van der Waals surface area (Å²) >= 11 is 6.02. The molecule has 1 heterocycles. The molecule has 0 bridgehead atoms. The zero-order valence-corrected chi connectivity index (χ0v) is 12.2. The van der Waals surface area contributed by atoms with Gasteiger partial charge in [-0.15, -0.1) is 0 Å². The maximum Gasteiger partial charge on any atom is 0.266 e. The molecule has 2 aromatic rings. The monoisotopic (exact) mass is 294 g/mol. The second-order valence-corrected chi connectivity index (χ2v) is 4.91. The highest BCUT2D eigenvalue weighted by molar-refractivity contribution is 6.32. The fourth-order valence-electron chi connectivity index (χ4n) is 1.60. The molecule has 2 rings (SSSR count). The van der Waals surface area contributed by atoms with Gasteiger partial charge in [-0.2, -0.15) is 0 Å². The Morgan fingerprint density at radius 1 is 1.40 bits per heavy atom. The zero-order valence-electron chi connectivity index (χ0n) is 11.4. The number of amides is 1. The Labute approximate surface area is 121 Å².